The molecule has 2 aliphatic heterocycles. The second-order valence-electron chi connectivity index (χ2n) is 8.28. The number of benzene rings is 2. The molecule has 1 fully saturated rings. The predicted molar refractivity (Wildman–Crippen MR) is 128 cm³/mol. The number of carbonyl (C=O) groups excluding carboxylic acids is 1. The minimum atomic E-state index is -3.64. The molecule has 1 amide bonds. The number of hydrogen-bond donors (Lipinski definition) is 1. The monoisotopic (exact) mass is 479 g/mol. The molecule has 9 nitrogen and oxygen atoms in total. The van der Waals surface area contributed by atoms with Crippen molar-refractivity contribution in [3.63, 3.8) is 0 Å². The summed E-state index contributed by atoms with van der Waals surface area (Å²) in [4.78, 5) is 22.8. The number of sulfonamides is 1. The Morgan fingerprint density at radius 2 is 1.71 bits per heavy atom. The highest BCUT2D eigenvalue weighted by molar-refractivity contribution is 7.89. The quantitative estimate of drug-likeness (QED) is 0.600. The van der Waals surface area contributed by atoms with Crippen LogP contribution < -0.4 is 15.0 Å². The molecule has 0 radical (unpaired) electrons. The third kappa shape index (κ3) is 4.59. The normalized spacial score (nSPS) is 16.6. The molecule has 3 heterocycles. The zero-order valence-corrected chi connectivity index (χ0v) is 19.6. The molecule has 0 atom stereocenters. The lowest BCUT2D eigenvalue weighted by Gasteiger charge is -2.35. The molecule has 0 spiro atoms. The number of piperazine rings is 1. The van der Waals surface area contributed by atoms with E-state index in [4.69, 9.17) is 4.74 Å². The van der Waals surface area contributed by atoms with Gasteiger partial charge in [-0.1, -0.05) is 18.2 Å². The Bertz CT molecular complexity index is 1320. The molecule has 3 aromatic rings. The topological polar surface area (TPSA) is 105 Å². The van der Waals surface area contributed by atoms with E-state index in [0.29, 0.717) is 68.0 Å². The molecule has 2 aromatic carbocycles. The molecule has 0 aliphatic carbocycles. The first-order valence-electron chi connectivity index (χ1n) is 11.1. The number of fused-ring (bicyclic) bond motifs is 1. The number of nitrogens with zero attached hydrogens (tertiary/aromatic N) is 4. The summed E-state index contributed by atoms with van der Waals surface area (Å²) in [6.45, 7) is 3.49. The van der Waals surface area contributed by atoms with Crippen LogP contribution in [0.3, 0.4) is 0 Å². The van der Waals surface area contributed by atoms with Gasteiger partial charge in [0, 0.05) is 44.4 Å². The Labute approximate surface area is 198 Å². The van der Waals surface area contributed by atoms with Crippen LogP contribution in [0.1, 0.15) is 17.8 Å². The van der Waals surface area contributed by atoms with Gasteiger partial charge in [-0.15, -0.1) is 0 Å². The lowest BCUT2D eigenvalue weighted by molar-refractivity contribution is -0.116. The zero-order chi connectivity index (χ0) is 23.7. The van der Waals surface area contributed by atoms with Crippen LogP contribution in [0.25, 0.3) is 0 Å². The fraction of sp³-hybridized carbons (Fsp3) is 0.292. The Balaban J connectivity index is 1.29. The number of aryl methyl sites for hydroxylation is 2. The van der Waals surface area contributed by atoms with Crippen LogP contribution in [0, 0.1) is 6.92 Å². The fourth-order valence-electron chi connectivity index (χ4n) is 4.18. The average molecular weight is 480 g/mol. The van der Waals surface area contributed by atoms with E-state index in [-0.39, 0.29) is 10.8 Å². The number of anilines is 2. The molecule has 2 aliphatic rings. The van der Waals surface area contributed by atoms with Crippen molar-refractivity contribution in [2.75, 3.05) is 36.4 Å². The lowest BCUT2D eigenvalue weighted by atomic mass is 10.0. The van der Waals surface area contributed by atoms with Gasteiger partial charge in [0.2, 0.25) is 21.8 Å². The molecule has 1 N–H and O–H groups in total. The summed E-state index contributed by atoms with van der Waals surface area (Å²) < 4.78 is 33.9. The van der Waals surface area contributed by atoms with E-state index in [9.17, 15) is 13.2 Å². The van der Waals surface area contributed by atoms with E-state index in [2.05, 4.69) is 15.3 Å². The molecular weight excluding hydrogens is 454 g/mol. The van der Waals surface area contributed by atoms with Crippen molar-refractivity contribution in [2.24, 2.45) is 0 Å². The van der Waals surface area contributed by atoms with Gasteiger partial charge < -0.3 is 15.0 Å². The lowest BCUT2D eigenvalue weighted by Crippen LogP contribution is -2.49. The first-order valence-corrected chi connectivity index (χ1v) is 12.6. The van der Waals surface area contributed by atoms with E-state index < -0.39 is 10.0 Å². The maximum absolute atomic E-state index is 13.3. The maximum Gasteiger partial charge on any atom is 0.243 e. The molecular formula is C24H25N5O4S. The highest BCUT2D eigenvalue weighted by Crippen LogP contribution is 2.28. The number of aromatic nitrogens is 2. The molecule has 0 bridgehead atoms. The van der Waals surface area contributed by atoms with Crippen LogP contribution in [0.5, 0.6) is 11.6 Å². The molecule has 1 aromatic heterocycles. The van der Waals surface area contributed by atoms with Crippen molar-refractivity contribution in [3.8, 4) is 11.6 Å². The van der Waals surface area contributed by atoms with Gasteiger partial charge in [0.1, 0.15) is 17.4 Å². The van der Waals surface area contributed by atoms with Gasteiger partial charge in [-0.25, -0.2) is 13.4 Å². The second-order valence-corrected chi connectivity index (χ2v) is 10.2. The number of rotatable bonds is 5. The van der Waals surface area contributed by atoms with Crippen molar-refractivity contribution in [2.45, 2.75) is 24.7 Å². The van der Waals surface area contributed by atoms with Gasteiger partial charge in [-0.3, -0.25) is 4.79 Å². The van der Waals surface area contributed by atoms with Gasteiger partial charge in [0.05, 0.1) is 4.90 Å². The largest absolute Gasteiger partial charge is 0.439 e. The van der Waals surface area contributed by atoms with Crippen molar-refractivity contribution >= 4 is 27.4 Å². The van der Waals surface area contributed by atoms with Crippen molar-refractivity contribution < 1.29 is 17.9 Å². The summed E-state index contributed by atoms with van der Waals surface area (Å²) in [5, 5.41) is 2.79. The molecule has 0 saturated carbocycles. The number of hydrogen-bond acceptors (Lipinski definition) is 7. The Morgan fingerprint density at radius 1 is 0.941 bits per heavy atom. The number of amides is 1. The summed E-state index contributed by atoms with van der Waals surface area (Å²) >= 11 is 0. The summed E-state index contributed by atoms with van der Waals surface area (Å²) in [5.74, 6) is 2.38. The van der Waals surface area contributed by atoms with Gasteiger partial charge in [-0.05, 0) is 49.2 Å². The predicted octanol–water partition coefficient (Wildman–Crippen LogP) is 2.97. The average Bonchev–Trinajstić information content (AvgIpc) is 2.84. The molecule has 0 unspecified atom stereocenters. The van der Waals surface area contributed by atoms with Crippen molar-refractivity contribution in [1.29, 1.82) is 0 Å². The van der Waals surface area contributed by atoms with Crippen molar-refractivity contribution in [1.82, 2.24) is 14.3 Å². The standard InChI is InChI=1S/C24H25N5O4S/c1-17-25-22(16-24(26-17)33-19-5-3-2-4-6-19)28-11-13-29(14-12-28)34(31,32)20-8-9-21-18(15-20)7-10-23(30)27-21/h2-6,8-9,15-16H,7,10-14H2,1H3,(H,27,30). The first-order chi connectivity index (χ1) is 16.4. The summed E-state index contributed by atoms with van der Waals surface area (Å²) in [5.41, 5.74) is 1.54. The summed E-state index contributed by atoms with van der Waals surface area (Å²) in [6.07, 6.45) is 0.905. The Morgan fingerprint density at radius 3 is 2.47 bits per heavy atom. The molecule has 10 heteroatoms. The van der Waals surface area contributed by atoms with Crippen LogP contribution in [0.15, 0.2) is 59.5 Å². The number of ether oxygens (including phenoxy) is 1. The second kappa shape index (κ2) is 9.03. The first kappa shape index (κ1) is 22.3. The minimum Gasteiger partial charge on any atom is -0.439 e. The summed E-state index contributed by atoms with van der Waals surface area (Å²) in [7, 11) is -3.64. The Hall–Kier alpha value is -3.50. The molecule has 5 rings (SSSR count). The van der Waals surface area contributed by atoms with Crippen molar-refractivity contribution in [3.05, 3.63) is 66.0 Å². The van der Waals surface area contributed by atoms with Crippen LogP contribution in [-0.2, 0) is 21.2 Å². The third-order valence-electron chi connectivity index (χ3n) is 5.94. The third-order valence-corrected chi connectivity index (χ3v) is 7.83. The maximum atomic E-state index is 13.3. The Kier molecular flexibility index (Phi) is 5.93. The van der Waals surface area contributed by atoms with Crippen LogP contribution in [0.2, 0.25) is 0 Å². The zero-order valence-electron chi connectivity index (χ0n) is 18.8. The highest BCUT2D eigenvalue weighted by Gasteiger charge is 2.30. The number of carbonyl (C=O) groups is 1. The van der Waals surface area contributed by atoms with E-state index in [0.717, 1.165) is 5.56 Å². The minimum absolute atomic E-state index is 0.0449. The highest BCUT2D eigenvalue weighted by atomic mass is 32.2. The SMILES string of the molecule is Cc1nc(Oc2ccccc2)cc(N2CCN(S(=O)(=O)c3ccc4c(c3)CCC(=O)N4)CC2)n1. The van der Waals surface area contributed by atoms with Crippen LogP contribution in [-0.4, -0.2) is 54.8 Å². The van der Waals surface area contributed by atoms with Gasteiger partial charge in [-0.2, -0.15) is 9.29 Å². The van der Waals surface area contributed by atoms with E-state index in [1.807, 2.05) is 35.2 Å². The molecule has 34 heavy (non-hydrogen) atoms. The van der Waals surface area contributed by atoms with E-state index >= 15 is 0 Å². The molecule has 176 valence electrons. The number of para-hydroxylation sites is 1. The van der Waals surface area contributed by atoms with Gasteiger partial charge >= 0.3 is 0 Å². The number of nitrogens with one attached hydrogen (secondary N) is 1. The smallest absolute Gasteiger partial charge is 0.243 e. The van der Waals surface area contributed by atoms with Crippen LogP contribution in [0.4, 0.5) is 11.5 Å². The van der Waals surface area contributed by atoms with Gasteiger partial charge in [0.25, 0.3) is 0 Å². The van der Waals surface area contributed by atoms with Gasteiger partial charge in [0.15, 0.2) is 0 Å². The molecule has 1 saturated heterocycles. The van der Waals surface area contributed by atoms with E-state index in [1.54, 1.807) is 31.2 Å². The van der Waals surface area contributed by atoms with Crippen LogP contribution >= 0.6 is 0 Å². The van der Waals surface area contributed by atoms with E-state index in [1.165, 1.54) is 4.31 Å². The fourth-order valence-corrected chi connectivity index (χ4v) is 5.65. The summed E-state index contributed by atoms with van der Waals surface area (Å²) in [6, 6.07) is 16.1.